The van der Waals surface area contributed by atoms with E-state index in [0.717, 1.165) is 17.7 Å². The van der Waals surface area contributed by atoms with Gasteiger partial charge in [-0.2, -0.15) is 0 Å². The molecule has 3 rings (SSSR count). The molecule has 2 aliphatic heterocycles. The van der Waals surface area contributed by atoms with Crippen molar-refractivity contribution in [2.24, 2.45) is 0 Å². The number of ether oxygens (including phenoxy) is 1. The Bertz CT molecular complexity index is 744. The summed E-state index contributed by atoms with van der Waals surface area (Å²) in [5.74, 6) is -1.34. The highest BCUT2D eigenvalue weighted by Gasteiger charge is 2.47. The minimum atomic E-state index is -1.37. The maximum Gasteiger partial charge on any atom is 0.326 e. The van der Waals surface area contributed by atoms with Gasteiger partial charge in [0.15, 0.2) is 6.23 Å². The summed E-state index contributed by atoms with van der Waals surface area (Å²) in [6, 6.07) is 2.82. The number of halogens is 2. The first kappa shape index (κ1) is 19.7. The second-order valence-electron chi connectivity index (χ2n) is 6.80. The zero-order valence-corrected chi connectivity index (χ0v) is 14.8. The lowest BCUT2D eigenvalue weighted by Crippen LogP contribution is -2.53. The van der Waals surface area contributed by atoms with Gasteiger partial charge in [-0.15, -0.1) is 0 Å². The van der Waals surface area contributed by atoms with E-state index >= 15 is 0 Å². The minimum absolute atomic E-state index is 0.178. The number of amides is 2. The molecule has 0 spiro atoms. The molecule has 9 heteroatoms. The molecule has 2 amide bonds. The van der Waals surface area contributed by atoms with Gasteiger partial charge in [-0.25, -0.2) is 13.6 Å². The van der Waals surface area contributed by atoms with Crippen LogP contribution >= 0.6 is 0 Å². The van der Waals surface area contributed by atoms with Gasteiger partial charge in [-0.05, 0) is 30.5 Å². The van der Waals surface area contributed by atoms with E-state index in [9.17, 15) is 28.9 Å². The number of urea groups is 1. The minimum Gasteiger partial charge on any atom is -0.394 e. The number of rotatable bonds is 5. The molecule has 0 aliphatic carbocycles. The molecule has 0 bridgehead atoms. The molecule has 3 N–H and O–H groups in total. The van der Waals surface area contributed by atoms with Crippen LogP contribution in [0.3, 0.4) is 0 Å². The summed E-state index contributed by atoms with van der Waals surface area (Å²) in [5, 5.41) is 29.3. The summed E-state index contributed by atoms with van der Waals surface area (Å²) >= 11 is 0. The molecule has 1 fully saturated rings. The van der Waals surface area contributed by atoms with Crippen LogP contribution in [0, 0.1) is 11.6 Å². The van der Waals surface area contributed by atoms with Gasteiger partial charge in [-0.1, -0.05) is 6.07 Å². The average molecular weight is 384 g/mol. The number of carbonyl (C=O) groups excluding carboxylic acids is 1. The van der Waals surface area contributed by atoms with E-state index in [1.54, 1.807) is 6.92 Å². The fourth-order valence-electron chi connectivity index (χ4n) is 3.31. The Morgan fingerprint density at radius 3 is 2.63 bits per heavy atom. The van der Waals surface area contributed by atoms with Crippen LogP contribution in [0.4, 0.5) is 13.6 Å². The lowest BCUT2D eigenvalue weighted by Gasteiger charge is -2.37. The van der Waals surface area contributed by atoms with Crippen LogP contribution in [0.25, 0.3) is 0 Å². The first-order valence-corrected chi connectivity index (χ1v) is 8.62. The van der Waals surface area contributed by atoms with Crippen molar-refractivity contribution < 1.29 is 33.6 Å². The summed E-state index contributed by atoms with van der Waals surface area (Å²) in [4.78, 5) is 15.4. The molecule has 1 saturated heterocycles. The van der Waals surface area contributed by atoms with Crippen molar-refractivity contribution in [3.8, 4) is 0 Å². The SMILES string of the molecule is CC1=CN([C@@H]2O[C@H](CO)[C@H](O)C2O)C(=O)N(CCc2ccc(F)cc2F)C1. The Morgan fingerprint density at radius 2 is 2.00 bits per heavy atom. The lowest BCUT2D eigenvalue weighted by molar-refractivity contribution is -0.0703. The van der Waals surface area contributed by atoms with Gasteiger partial charge >= 0.3 is 6.03 Å². The van der Waals surface area contributed by atoms with Crippen LogP contribution < -0.4 is 0 Å². The van der Waals surface area contributed by atoms with Crippen LogP contribution in [-0.4, -0.2) is 75.4 Å². The Kier molecular flexibility index (Phi) is 5.75. The fraction of sp³-hybridized carbons (Fsp3) is 0.500. The third kappa shape index (κ3) is 3.96. The van der Waals surface area contributed by atoms with E-state index < -0.39 is 48.8 Å². The average Bonchev–Trinajstić information content (AvgIpc) is 2.91. The van der Waals surface area contributed by atoms with Gasteiger partial charge in [0.2, 0.25) is 0 Å². The van der Waals surface area contributed by atoms with Gasteiger partial charge in [0.25, 0.3) is 0 Å². The zero-order chi connectivity index (χ0) is 19.7. The highest BCUT2D eigenvalue weighted by molar-refractivity contribution is 5.77. The Balaban J connectivity index is 1.72. The summed E-state index contributed by atoms with van der Waals surface area (Å²) in [6.45, 7) is 1.78. The zero-order valence-electron chi connectivity index (χ0n) is 14.8. The predicted octanol–water partition coefficient (Wildman–Crippen LogP) is 0.588. The fourth-order valence-corrected chi connectivity index (χ4v) is 3.31. The van der Waals surface area contributed by atoms with Crippen molar-refractivity contribution in [3.05, 3.63) is 47.2 Å². The number of hydrogen-bond acceptors (Lipinski definition) is 5. The van der Waals surface area contributed by atoms with Crippen molar-refractivity contribution in [3.63, 3.8) is 0 Å². The maximum absolute atomic E-state index is 13.8. The Morgan fingerprint density at radius 1 is 1.26 bits per heavy atom. The molecular formula is C18H22F2N2O5. The summed E-state index contributed by atoms with van der Waals surface area (Å²) < 4.78 is 32.2. The molecule has 1 unspecified atom stereocenters. The number of nitrogens with zero attached hydrogens (tertiary/aromatic N) is 2. The number of aliphatic hydroxyl groups is 3. The molecule has 27 heavy (non-hydrogen) atoms. The van der Waals surface area contributed by atoms with Crippen molar-refractivity contribution in [1.82, 2.24) is 9.80 Å². The highest BCUT2D eigenvalue weighted by Crippen LogP contribution is 2.27. The number of carbonyl (C=O) groups is 1. The van der Waals surface area contributed by atoms with Gasteiger partial charge in [-0.3, -0.25) is 4.90 Å². The maximum atomic E-state index is 13.8. The molecular weight excluding hydrogens is 362 g/mol. The smallest absolute Gasteiger partial charge is 0.326 e. The Hall–Kier alpha value is -2.07. The third-order valence-electron chi connectivity index (χ3n) is 4.75. The summed E-state index contributed by atoms with van der Waals surface area (Å²) in [6.07, 6.45) is -3.10. The molecule has 0 aromatic heterocycles. The number of aliphatic hydroxyl groups excluding tert-OH is 3. The van der Waals surface area contributed by atoms with Crippen LogP contribution in [0.2, 0.25) is 0 Å². The summed E-state index contributed by atoms with van der Waals surface area (Å²) in [5.41, 5.74) is 1.09. The van der Waals surface area contributed by atoms with E-state index in [-0.39, 0.29) is 18.5 Å². The van der Waals surface area contributed by atoms with Crippen molar-refractivity contribution >= 4 is 6.03 Å². The monoisotopic (exact) mass is 384 g/mol. The predicted molar refractivity (Wildman–Crippen MR) is 90.4 cm³/mol. The first-order valence-electron chi connectivity index (χ1n) is 8.62. The van der Waals surface area contributed by atoms with Crippen molar-refractivity contribution in [2.45, 2.75) is 37.9 Å². The number of benzene rings is 1. The molecule has 2 heterocycles. The molecule has 1 aromatic carbocycles. The highest BCUT2D eigenvalue weighted by atomic mass is 19.1. The van der Waals surface area contributed by atoms with Gasteiger partial charge in [0.05, 0.1) is 6.61 Å². The van der Waals surface area contributed by atoms with E-state index in [0.29, 0.717) is 6.54 Å². The van der Waals surface area contributed by atoms with Crippen LogP contribution in [0.1, 0.15) is 12.5 Å². The van der Waals surface area contributed by atoms with E-state index in [4.69, 9.17) is 4.74 Å². The van der Waals surface area contributed by atoms with E-state index in [1.807, 2.05) is 0 Å². The largest absolute Gasteiger partial charge is 0.394 e. The van der Waals surface area contributed by atoms with Crippen molar-refractivity contribution in [1.29, 1.82) is 0 Å². The van der Waals surface area contributed by atoms with Gasteiger partial charge in [0, 0.05) is 25.4 Å². The van der Waals surface area contributed by atoms with E-state index in [1.165, 1.54) is 22.1 Å². The second-order valence-corrected chi connectivity index (χ2v) is 6.80. The molecule has 1 aromatic rings. The standard InChI is InChI=1S/C18H22F2N2O5/c1-10-7-21(5-4-11-2-3-12(19)6-13(11)20)18(26)22(8-10)17-16(25)15(24)14(9-23)27-17/h2-3,6,8,14-17,23-25H,4-5,7,9H2,1H3/t14-,15+,16?,17-/m1/s1. The normalized spacial score (nSPS) is 28.7. The Labute approximate surface area is 155 Å². The number of hydrogen-bond donors (Lipinski definition) is 3. The van der Waals surface area contributed by atoms with E-state index in [2.05, 4.69) is 0 Å². The second kappa shape index (κ2) is 7.89. The lowest BCUT2D eigenvalue weighted by atomic mass is 10.1. The molecule has 4 atom stereocenters. The molecule has 2 aliphatic rings. The van der Waals surface area contributed by atoms with Gasteiger partial charge < -0.3 is 25.0 Å². The molecule has 7 nitrogen and oxygen atoms in total. The van der Waals surface area contributed by atoms with Crippen LogP contribution in [0.15, 0.2) is 30.0 Å². The van der Waals surface area contributed by atoms with Crippen LogP contribution in [-0.2, 0) is 11.2 Å². The summed E-state index contributed by atoms with van der Waals surface area (Å²) in [7, 11) is 0. The third-order valence-corrected chi connectivity index (χ3v) is 4.75. The van der Waals surface area contributed by atoms with Gasteiger partial charge in [0.1, 0.15) is 29.9 Å². The molecule has 0 radical (unpaired) electrons. The molecule has 148 valence electrons. The first-order chi connectivity index (χ1) is 12.8. The molecule has 0 saturated carbocycles. The topological polar surface area (TPSA) is 93.5 Å². The van der Waals surface area contributed by atoms with Crippen LogP contribution in [0.5, 0.6) is 0 Å². The quantitative estimate of drug-likeness (QED) is 0.691. The van der Waals surface area contributed by atoms with Crippen molar-refractivity contribution in [2.75, 3.05) is 19.7 Å².